The van der Waals surface area contributed by atoms with E-state index in [0.717, 1.165) is 25.3 Å². The third-order valence-corrected chi connectivity index (χ3v) is 6.43. The van der Waals surface area contributed by atoms with Crippen molar-refractivity contribution in [1.29, 1.82) is 0 Å². The van der Waals surface area contributed by atoms with E-state index in [1.54, 1.807) is 28.7 Å². The van der Waals surface area contributed by atoms with Crippen LogP contribution in [0, 0.1) is 6.92 Å². The van der Waals surface area contributed by atoms with Gasteiger partial charge in [-0.1, -0.05) is 12.1 Å². The summed E-state index contributed by atoms with van der Waals surface area (Å²) in [5.41, 5.74) is 2.30. The van der Waals surface area contributed by atoms with Crippen molar-refractivity contribution in [2.75, 3.05) is 23.4 Å². The predicted octanol–water partition coefficient (Wildman–Crippen LogP) is 4.18. The largest absolute Gasteiger partial charge is 0.483 e. The molecule has 5 rings (SSSR count). The fourth-order valence-electron chi connectivity index (χ4n) is 3.38. The zero-order valence-corrected chi connectivity index (χ0v) is 16.5. The number of thiophene rings is 1. The van der Waals surface area contributed by atoms with E-state index in [0.29, 0.717) is 17.1 Å². The Kier molecular flexibility index (Phi) is 4.03. The first-order chi connectivity index (χ1) is 13.6. The van der Waals surface area contributed by atoms with Gasteiger partial charge in [0.05, 0.1) is 31.3 Å². The molecule has 0 aliphatic carbocycles. The molecule has 0 radical (unpaired) electrons. The predicted molar refractivity (Wildman–Crippen MR) is 113 cm³/mol. The number of fused-ring (bicyclic) bond motifs is 4. The number of ether oxygens (including phenoxy) is 1. The van der Waals surface area contributed by atoms with Crippen LogP contribution in [0.3, 0.4) is 0 Å². The normalized spacial score (nSPS) is 13.6. The number of thiazole rings is 1. The summed E-state index contributed by atoms with van der Waals surface area (Å²) < 4.78 is 8.02. The van der Waals surface area contributed by atoms with E-state index >= 15 is 0 Å². The van der Waals surface area contributed by atoms with Crippen molar-refractivity contribution in [1.82, 2.24) is 4.98 Å². The summed E-state index contributed by atoms with van der Waals surface area (Å²) in [5.74, 6) is 0.190. The third-order valence-electron chi connectivity index (χ3n) is 4.59. The Morgan fingerprint density at radius 2 is 2.18 bits per heavy atom. The molecule has 2 amide bonds. The molecule has 0 unspecified atom stereocenters. The molecule has 1 aliphatic rings. The molecule has 140 valence electrons. The smallest absolute Gasteiger partial charge is 0.265 e. The maximum absolute atomic E-state index is 12.8. The highest BCUT2D eigenvalue weighted by molar-refractivity contribution is 7.21. The van der Waals surface area contributed by atoms with E-state index in [1.807, 2.05) is 42.6 Å². The number of benzene rings is 2. The lowest BCUT2D eigenvalue weighted by Gasteiger charge is -2.29. The molecule has 0 bridgehead atoms. The highest BCUT2D eigenvalue weighted by atomic mass is 32.1. The minimum Gasteiger partial charge on any atom is -0.483 e. The Morgan fingerprint density at radius 1 is 1.32 bits per heavy atom. The lowest BCUT2D eigenvalue weighted by atomic mass is 10.2. The number of aryl methyl sites for hydroxylation is 1. The highest BCUT2D eigenvalue weighted by Gasteiger charge is 2.27. The number of hydrogen-bond acceptors (Lipinski definition) is 6. The van der Waals surface area contributed by atoms with Crippen LogP contribution >= 0.6 is 22.7 Å². The molecule has 0 spiro atoms. The van der Waals surface area contributed by atoms with E-state index in [4.69, 9.17) is 4.74 Å². The van der Waals surface area contributed by atoms with Gasteiger partial charge in [-0.3, -0.25) is 14.5 Å². The van der Waals surface area contributed by atoms with E-state index in [-0.39, 0.29) is 25.0 Å². The Morgan fingerprint density at radius 3 is 3.07 bits per heavy atom. The number of amides is 2. The molecule has 2 aromatic carbocycles. The van der Waals surface area contributed by atoms with Crippen LogP contribution in [0.15, 0.2) is 41.8 Å². The Labute approximate surface area is 168 Å². The number of carbonyl (C=O) groups excluding carboxylic acids is 2. The minimum absolute atomic E-state index is 0.0137. The monoisotopic (exact) mass is 409 g/mol. The van der Waals surface area contributed by atoms with Gasteiger partial charge in [0.15, 0.2) is 6.61 Å². The van der Waals surface area contributed by atoms with E-state index < -0.39 is 0 Å². The van der Waals surface area contributed by atoms with Crippen LogP contribution in [0.2, 0.25) is 0 Å². The van der Waals surface area contributed by atoms with Crippen LogP contribution in [0.5, 0.6) is 5.75 Å². The molecule has 3 heterocycles. The number of carbonyl (C=O) groups is 2. The molecule has 28 heavy (non-hydrogen) atoms. The first-order valence-corrected chi connectivity index (χ1v) is 10.4. The lowest BCUT2D eigenvalue weighted by molar-refractivity contribution is -0.123. The van der Waals surface area contributed by atoms with Crippen molar-refractivity contribution < 1.29 is 14.3 Å². The van der Waals surface area contributed by atoms with Crippen molar-refractivity contribution in [2.45, 2.75) is 6.92 Å². The van der Waals surface area contributed by atoms with E-state index in [9.17, 15) is 9.59 Å². The fourth-order valence-corrected chi connectivity index (χ4v) is 5.21. The summed E-state index contributed by atoms with van der Waals surface area (Å²) in [6.45, 7) is 1.82. The lowest BCUT2D eigenvalue weighted by Crippen LogP contribution is -2.44. The number of hydrogen-bond donors (Lipinski definition) is 1. The molecule has 1 N–H and O–H groups in total. The molecule has 8 heteroatoms. The molecule has 0 fully saturated rings. The van der Waals surface area contributed by atoms with Gasteiger partial charge in [0.1, 0.15) is 12.3 Å². The number of aromatic nitrogens is 1. The molecule has 1 aliphatic heterocycles. The second-order valence-corrected chi connectivity index (χ2v) is 8.60. The van der Waals surface area contributed by atoms with Crippen LogP contribution in [0.1, 0.15) is 5.01 Å². The number of para-hydroxylation sites is 2. The molecule has 4 aromatic rings. The second kappa shape index (κ2) is 6.57. The maximum atomic E-state index is 12.8. The van der Waals surface area contributed by atoms with Crippen LogP contribution in [0.25, 0.3) is 20.3 Å². The Bertz CT molecular complexity index is 1240. The summed E-state index contributed by atoms with van der Waals surface area (Å²) in [7, 11) is 0. The average molecular weight is 409 g/mol. The number of nitrogens with zero attached hydrogens (tertiary/aromatic N) is 2. The van der Waals surface area contributed by atoms with Crippen LogP contribution in [-0.4, -0.2) is 29.9 Å². The van der Waals surface area contributed by atoms with Gasteiger partial charge < -0.3 is 10.1 Å². The summed E-state index contributed by atoms with van der Waals surface area (Å²) in [5, 5.41) is 6.73. The Hall–Kier alpha value is -2.97. The molecule has 2 aromatic heterocycles. The number of anilines is 2. The molecular weight excluding hydrogens is 394 g/mol. The van der Waals surface area contributed by atoms with E-state index in [2.05, 4.69) is 10.3 Å². The SMILES string of the molecule is Cc1nc2c(cc(OCC(=O)N3CC(=O)Nc4ccccc43)c3ccsc32)s1. The van der Waals surface area contributed by atoms with Gasteiger partial charge in [-0.2, -0.15) is 0 Å². The van der Waals surface area contributed by atoms with E-state index in [1.165, 1.54) is 4.90 Å². The summed E-state index contributed by atoms with van der Waals surface area (Å²) in [6.07, 6.45) is 0. The van der Waals surface area contributed by atoms with Gasteiger partial charge in [0, 0.05) is 11.5 Å². The zero-order valence-electron chi connectivity index (χ0n) is 14.9. The van der Waals surface area contributed by atoms with Crippen molar-refractivity contribution in [3.05, 3.63) is 46.8 Å². The maximum Gasteiger partial charge on any atom is 0.265 e. The number of nitrogens with one attached hydrogen (secondary N) is 1. The molecule has 0 saturated carbocycles. The molecular formula is C20H15N3O3S2. The van der Waals surface area contributed by atoms with Gasteiger partial charge in [-0.15, -0.1) is 22.7 Å². The Balaban J connectivity index is 1.44. The summed E-state index contributed by atoms with van der Waals surface area (Å²) in [4.78, 5) is 30.9. The highest BCUT2D eigenvalue weighted by Crippen LogP contribution is 2.39. The van der Waals surface area contributed by atoms with Crippen LogP contribution in [0.4, 0.5) is 11.4 Å². The number of rotatable bonds is 3. The summed E-state index contributed by atoms with van der Waals surface area (Å²) >= 11 is 3.22. The molecule has 0 saturated heterocycles. The van der Waals surface area contributed by atoms with Crippen LogP contribution in [-0.2, 0) is 9.59 Å². The van der Waals surface area contributed by atoms with Crippen molar-refractivity contribution in [3.63, 3.8) is 0 Å². The van der Waals surface area contributed by atoms with Crippen LogP contribution < -0.4 is 15.0 Å². The second-order valence-electron chi connectivity index (χ2n) is 6.45. The van der Waals surface area contributed by atoms with Crippen molar-refractivity contribution in [2.24, 2.45) is 0 Å². The first-order valence-electron chi connectivity index (χ1n) is 8.69. The third kappa shape index (κ3) is 2.81. The van der Waals surface area contributed by atoms with Gasteiger partial charge in [-0.05, 0) is 30.5 Å². The quantitative estimate of drug-likeness (QED) is 0.551. The molecule has 0 atom stereocenters. The van der Waals surface area contributed by atoms with Gasteiger partial charge in [0.2, 0.25) is 5.91 Å². The first kappa shape index (κ1) is 17.2. The van der Waals surface area contributed by atoms with Gasteiger partial charge >= 0.3 is 0 Å². The van der Waals surface area contributed by atoms with Crippen molar-refractivity contribution in [3.8, 4) is 5.75 Å². The van der Waals surface area contributed by atoms with Gasteiger partial charge in [-0.25, -0.2) is 4.98 Å². The fraction of sp³-hybridized carbons (Fsp3) is 0.150. The van der Waals surface area contributed by atoms with Gasteiger partial charge in [0.25, 0.3) is 5.91 Å². The molecule has 6 nitrogen and oxygen atoms in total. The summed E-state index contributed by atoms with van der Waals surface area (Å²) in [6, 6.07) is 11.2. The average Bonchev–Trinajstić information content (AvgIpc) is 3.30. The van der Waals surface area contributed by atoms with Crippen molar-refractivity contribution >= 4 is 66.2 Å². The minimum atomic E-state index is -0.258. The zero-order chi connectivity index (χ0) is 19.3. The topological polar surface area (TPSA) is 71.5 Å². The standard InChI is InChI=1S/C20H15N3O3S2/c1-11-21-19-16(28-11)8-15(12-6-7-27-20(12)19)26-10-18(25)23-9-17(24)22-13-4-2-3-5-14(13)23/h2-8H,9-10H2,1H3,(H,22,24).